The molecule has 0 amide bonds. The molecule has 0 aliphatic rings. The average Bonchev–Trinajstić information content (AvgIpc) is 2.81. The molecule has 8 heteroatoms. The Morgan fingerprint density at radius 2 is 1.82 bits per heavy atom. The molecular formula is C26H30FNO5S. The minimum Gasteiger partial charge on any atom is -0.496 e. The Hall–Kier alpha value is -3.13. The Morgan fingerprint density at radius 1 is 1.06 bits per heavy atom. The molecule has 1 heterocycles. The summed E-state index contributed by atoms with van der Waals surface area (Å²) in [4.78, 5) is 12.3. The third-order valence-electron chi connectivity index (χ3n) is 5.75. The Bertz CT molecular complexity index is 1330. The number of sulfone groups is 1. The van der Waals surface area contributed by atoms with Crippen LogP contribution in [0.2, 0.25) is 0 Å². The molecule has 0 fully saturated rings. The number of benzene rings is 2. The van der Waals surface area contributed by atoms with Gasteiger partial charge in [0.2, 0.25) is 0 Å². The molecule has 34 heavy (non-hydrogen) atoms. The Morgan fingerprint density at radius 3 is 2.53 bits per heavy atom. The third kappa shape index (κ3) is 5.67. The van der Waals surface area contributed by atoms with Crippen LogP contribution in [-0.4, -0.2) is 32.5 Å². The highest BCUT2D eigenvalue weighted by Gasteiger charge is 2.18. The maximum absolute atomic E-state index is 14.7. The van der Waals surface area contributed by atoms with E-state index in [1.54, 1.807) is 14.2 Å². The number of halogens is 1. The van der Waals surface area contributed by atoms with Gasteiger partial charge >= 0.3 is 0 Å². The highest BCUT2D eigenvalue weighted by molar-refractivity contribution is 7.91. The molecule has 0 aliphatic heterocycles. The van der Waals surface area contributed by atoms with Crippen LogP contribution in [0.25, 0.3) is 11.1 Å². The van der Waals surface area contributed by atoms with Crippen molar-refractivity contribution in [3.63, 3.8) is 0 Å². The second-order valence-electron chi connectivity index (χ2n) is 8.12. The van der Waals surface area contributed by atoms with Crippen LogP contribution in [0.1, 0.15) is 30.9 Å². The quantitative estimate of drug-likeness (QED) is 0.306. The van der Waals surface area contributed by atoms with Gasteiger partial charge in [0.25, 0.3) is 5.56 Å². The van der Waals surface area contributed by atoms with Crippen LogP contribution in [0.3, 0.4) is 0 Å². The van der Waals surface area contributed by atoms with Gasteiger partial charge in [-0.05, 0) is 55.5 Å². The monoisotopic (exact) mass is 487 g/mol. The van der Waals surface area contributed by atoms with Crippen molar-refractivity contribution in [1.29, 1.82) is 0 Å². The van der Waals surface area contributed by atoms with Crippen LogP contribution in [0.4, 0.5) is 4.39 Å². The number of aromatic nitrogens is 1. The number of nitrogens with zero attached hydrogens (tertiary/aromatic N) is 1. The molecular weight excluding hydrogens is 457 g/mol. The van der Waals surface area contributed by atoms with Crippen molar-refractivity contribution in [1.82, 2.24) is 4.57 Å². The Labute approximate surface area is 199 Å². The first-order chi connectivity index (χ1) is 16.2. The van der Waals surface area contributed by atoms with E-state index in [1.165, 1.54) is 35.9 Å². The van der Waals surface area contributed by atoms with Crippen molar-refractivity contribution in [2.75, 3.05) is 19.5 Å². The molecule has 2 aromatic carbocycles. The molecule has 0 radical (unpaired) electrons. The summed E-state index contributed by atoms with van der Waals surface area (Å²) in [5.41, 5.74) is 2.29. The normalized spacial score (nSPS) is 11.4. The van der Waals surface area contributed by atoms with Crippen molar-refractivity contribution in [3.8, 4) is 22.6 Å². The first-order valence-corrected chi connectivity index (χ1v) is 12.8. The number of hydrogen-bond donors (Lipinski definition) is 0. The number of pyridine rings is 1. The molecule has 6 nitrogen and oxygen atoms in total. The molecule has 0 bridgehead atoms. The fraction of sp³-hybridized carbons (Fsp3) is 0.346. The first-order valence-electron chi connectivity index (χ1n) is 11.2. The van der Waals surface area contributed by atoms with Gasteiger partial charge in [0.05, 0.1) is 24.4 Å². The first kappa shape index (κ1) is 25.5. The molecule has 0 saturated heterocycles. The molecule has 0 atom stereocenters. The second-order valence-corrected chi connectivity index (χ2v) is 10.4. The lowest BCUT2D eigenvalue weighted by molar-refractivity contribution is 0.306. The van der Waals surface area contributed by atoms with Gasteiger partial charge in [0, 0.05) is 30.4 Å². The summed E-state index contributed by atoms with van der Waals surface area (Å²) in [5, 5.41) is 0. The fourth-order valence-electron chi connectivity index (χ4n) is 3.81. The van der Waals surface area contributed by atoms with Gasteiger partial charge in [0.1, 0.15) is 17.3 Å². The number of aryl methyl sites for hydroxylation is 3. The van der Waals surface area contributed by atoms with Gasteiger partial charge < -0.3 is 14.0 Å². The Kier molecular flexibility index (Phi) is 8.15. The van der Waals surface area contributed by atoms with E-state index in [0.29, 0.717) is 18.6 Å². The number of hydrogen-bond acceptors (Lipinski definition) is 5. The molecule has 0 saturated carbocycles. The second kappa shape index (κ2) is 10.9. The molecule has 182 valence electrons. The zero-order valence-electron chi connectivity index (χ0n) is 19.9. The molecule has 1 aromatic heterocycles. The fourth-order valence-corrected chi connectivity index (χ4v) is 4.71. The summed E-state index contributed by atoms with van der Waals surface area (Å²) in [6.45, 7) is 3.86. The number of ether oxygens (including phenoxy) is 2. The van der Waals surface area contributed by atoms with Gasteiger partial charge in [-0.1, -0.05) is 25.1 Å². The maximum atomic E-state index is 14.7. The smallest absolute Gasteiger partial charge is 0.254 e. The van der Waals surface area contributed by atoms with E-state index in [0.717, 1.165) is 35.8 Å². The summed E-state index contributed by atoms with van der Waals surface area (Å²) in [6.07, 6.45) is 3.82. The highest BCUT2D eigenvalue weighted by atomic mass is 32.2. The summed E-state index contributed by atoms with van der Waals surface area (Å²) < 4.78 is 52.1. The zero-order chi connectivity index (χ0) is 24.9. The lowest BCUT2D eigenvalue weighted by Crippen LogP contribution is -2.16. The van der Waals surface area contributed by atoms with Gasteiger partial charge in [0.15, 0.2) is 9.84 Å². The van der Waals surface area contributed by atoms with E-state index in [-0.39, 0.29) is 27.5 Å². The van der Waals surface area contributed by atoms with Crippen molar-refractivity contribution in [2.45, 2.75) is 38.0 Å². The van der Waals surface area contributed by atoms with E-state index in [2.05, 4.69) is 0 Å². The van der Waals surface area contributed by atoms with Crippen molar-refractivity contribution in [3.05, 3.63) is 76.0 Å². The molecule has 3 rings (SSSR count). The van der Waals surface area contributed by atoms with Gasteiger partial charge in [-0.3, -0.25) is 4.79 Å². The average molecular weight is 488 g/mol. The van der Waals surface area contributed by atoms with Crippen molar-refractivity contribution >= 4 is 9.84 Å². The van der Waals surface area contributed by atoms with Crippen LogP contribution >= 0.6 is 0 Å². The predicted octanol–water partition coefficient (Wildman–Crippen LogP) is 4.70. The largest absolute Gasteiger partial charge is 0.496 e. The van der Waals surface area contributed by atoms with E-state index in [9.17, 15) is 17.6 Å². The lowest BCUT2D eigenvalue weighted by Gasteiger charge is -2.15. The predicted molar refractivity (Wildman–Crippen MR) is 131 cm³/mol. The van der Waals surface area contributed by atoms with Crippen LogP contribution in [0.15, 0.2) is 58.4 Å². The number of unbranched alkanes of at least 4 members (excludes halogenated alkanes) is 1. The molecule has 3 aromatic rings. The van der Waals surface area contributed by atoms with Gasteiger partial charge in [-0.25, -0.2) is 12.8 Å². The SMILES string of the molecule is CCS(=O)(=O)c1ccc(F)c(-c2cn(C)c(=O)cc2OCCCCc2cccc(C)c2OC)c1. The highest BCUT2D eigenvalue weighted by Crippen LogP contribution is 2.33. The molecule has 0 N–H and O–H groups in total. The number of para-hydroxylation sites is 1. The summed E-state index contributed by atoms with van der Waals surface area (Å²) in [7, 11) is -0.312. The van der Waals surface area contributed by atoms with E-state index in [4.69, 9.17) is 9.47 Å². The minimum absolute atomic E-state index is 0.0262. The van der Waals surface area contributed by atoms with E-state index < -0.39 is 15.7 Å². The van der Waals surface area contributed by atoms with Crippen molar-refractivity contribution < 1.29 is 22.3 Å². The molecule has 0 aliphatic carbocycles. The topological polar surface area (TPSA) is 74.6 Å². The zero-order valence-corrected chi connectivity index (χ0v) is 20.7. The lowest BCUT2D eigenvalue weighted by atomic mass is 10.0. The summed E-state index contributed by atoms with van der Waals surface area (Å²) >= 11 is 0. The summed E-state index contributed by atoms with van der Waals surface area (Å²) in [5.74, 6) is 0.418. The van der Waals surface area contributed by atoms with E-state index in [1.807, 2.05) is 25.1 Å². The summed E-state index contributed by atoms with van der Waals surface area (Å²) in [6, 6.07) is 11.0. The van der Waals surface area contributed by atoms with E-state index >= 15 is 0 Å². The van der Waals surface area contributed by atoms with Gasteiger partial charge in [-0.15, -0.1) is 0 Å². The standard InChI is InChI=1S/C26H30FNO5S/c1-5-34(30,31)20-12-13-23(27)21(15-20)22-17-28(3)25(29)16-24(22)33-14-7-6-10-19-11-8-9-18(2)26(19)32-4/h8-9,11-13,15-17H,5-7,10,14H2,1-4H3. The van der Waals surface area contributed by atoms with Gasteiger partial charge in [-0.2, -0.15) is 0 Å². The molecule has 0 unspecified atom stereocenters. The van der Waals surface area contributed by atoms with Crippen LogP contribution in [0.5, 0.6) is 11.5 Å². The maximum Gasteiger partial charge on any atom is 0.254 e. The van der Waals surface area contributed by atoms with Crippen molar-refractivity contribution in [2.24, 2.45) is 7.05 Å². The van der Waals surface area contributed by atoms with Crippen LogP contribution in [0, 0.1) is 12.7 Å². The minimum atomic E-state index is -3.52. The number of rotatable bonds is 10. The third-order valence-corrected chi connectivity index (χ3v) is 7.49. The van der Waals surface area contributed by atoms with Crippen LogP contribution < -0.4 is 15.0 Å². The molecule has 0 spiro atoms. The number of methoxy groups -OCH3 is 1. The van der Waals surface area contributed by atoms with Crippen LogP contribution in [-0.2, 0) is 23.3 Å². The Balaban J connectivity index is 1.80.